The van der Waals surface area contributed by atoms with Crippen molar-refractivity contribution in [1.29, 1.82) is 0 Å². The van der Waals surface area contributed by atoms with E-state index in [0.717, 1.165) is 7.14 Å². The van der Waals surface area contributed by atoms with Crippen molar-refractivity contribution >= 4 is 62.6 Å². The maximum Gasteiger partial charge on any atom is 0.161 e. The van der Waals surface area contributed by atoms with Gasteiger partial charge in [-0.1, -0.05) is 11.6 Å². The Kier molecular flexibility index (Phi) is 3.78. The summed E-state index contributed by atoms with van der Waals surface area (Å²) >= 11 is 10.2. The van der Waals surface area contributed by atoms with Crippen LogP contribution in [0.25, 0.3) is 0 Å². The van der Waals surface area contributed by atoms with E-state index in [2.05, 4.69) is 45.2 Å². The van der Waals surface area contributed by atoms with Crippen molar-refractivity contribution in [3.63, 3.8) is 0 Å². The molecule has 0 heterocycles. The third-order valence-electron chi connectivity index (χ3n) is 1.39. The van der Waals surface area contributed by atoms with Crippen LogP contribution in [-0.2, 0) is 0 Å². The van der Waals surface area contributed by atoms with Crippen molar-refractivity contribution in [3.8, 4) is 0 Å². The highest BCUT2D eigenvalue weighted by Gasteiger charge is 2.08. The van der Waals surface area contributed by atoms with E-state index in [4.69, 9.17) is 11.6 Å². The standard InChI is InChI=1S/C8H5ClI2O/c1-4(12)5-2-7(10)8(11)3-6(5)9/h2-3H,1H3. The van der Waals surface area contributed by atoms with Gasteiger partial charge in [-0.15, -0.1) is 0 Å². The monoisotopic (exact) mass is 406 g/mol. The fraction of sp³-hybridized carbons (Fsp3) is 0.125. The van der Waals surface area contributed by atoms with Gasteiger partial charge in [-0.25, -0.2) is 0 Å². The Morgan fingerprint density at radius 1 is 1.33 bits per heavy atom. The minimum atomic E-state index is 0.00863. The van der Waals surface area contributed by atoms with E-state index < -0.39 is 0 Å². The number of Topliss-reactive ketones (excluding diaryl/α,β-unsaturated/α-hetero) is 1. The highest BCUT2D eigenvalue weighted by molar-refractivity contribution is 14.1. The van der Waals surface area contributed by atoms with E-state index in [1.807, 2.05) is 6.07 Å². The zero-order chi connectivity index (χ0) is 9.30. The van der Waals surface area contributed by atoms with Gasteiger partial charge in [0.05, 0.1) is 5.02 Å². The summed E-state index contributed by atoms with van der Waals surface area (Å²) in [5.74, 6) is 0.00863. The molecule has 0 N–H and O–H groups in total. The van der Waals surface area contributed by atoms with Gasteiger partial charge in [-0.2, -0.15) is 0 Å². The number of carbonyl (C=O) groups excluding carboxylic acids is 1. The first kappa shape index (κ1) is 10.7. The van der Waals surface area contributed by atoms with Crippen LogP contribution in [0.3, 0.4) is 0 Å². The van der Waals surface area contributed by atoms with E-state index in [9.17, 15) is 4.79 Å². The van der Waals surface area contributed by atoms with Gasteiger partial charge in [-0.05, 0) is 64.2 Å². The second-order valence-electron chi connectivity index (χ2n) is 2.30. The minimum Gasteiger partial charge on any atom is -0.294 e. The molecule has 0 aromatic heterocycles. The Hall–Kier alpha value is 0.640. The molecule has 1 aromatic carbocycles. The van der Waals surface area contributed by atoms with E-state index >= 15 is 0 Å². The van der Waals surface area contributed by atoms with Crippen molar-refractivity contribution in [2.75, 3.05) is 0 Å². The Morgan fingerprint density at radius 2 is 1.83 bits per heavy atom. The van der Waals surface area contributed by atoms with Crippen LogP contribution in [0.5, 0.6) is 0 Å². The summed E-state index contributed by atoms with van der Waals surface area (Å²) < 4.78 is 2.13. The van der Waals surface area contributed by atoms with Gasteiger partial charge in [0.25, 0.3) is 0 Å². The predicted molar refractivity (Wildman–Crippen MR) is 66.9 cm³/mol. The summed E-state index contributed by atoms with van der Waals surface area (Å²) in [7, 11) is 0. The van der Waals surface area contributed by atoms with Crippen LogP contribution in [0.1, 0.15) is 17.3 Å². The summed E-state index contributed by atoms with van der Waals surface area (Å²) in [6.45, 7) is 1.52. The first-order valence-corrected chi connectivity index (χ1v) is 5.71. The summed E-state index contributed by atoms with van der Waals surface area (Å²) in [5, 5.41) is 0.535. The van der Waals surface area contributed by atoms with Crippen LogP contribution in [0.4, 0.5) is 0 Å². The molecule has 0 aliphatic carbocycles. The topological polar surface area (TPSA) is 17.1 Å². The molecule has 1 rings (SSSR count). The third-order valence-corrected chi connectivity index (χ3v) is 4.52. The van der Waals surface area contributed by atoms with Crippen LogP contribution in [0.2, 0.25) is 5.02 Å². The number of rotatable bonds is 1. The zero-order valence-electron chi connectivity index (χ0n) is 6.20. The lowest BCUT2D eigenvalue weighted by Crippen LogP contribution is -1.95. The molecule has 0 radical (unpaired) electrons. The van der Waals surface area contributed by atoms with E-state index in [-0.39, 0.29) is 5.78 Å². The molecule has 12 heavy (non-hydrogen) atoms. The highest BCUT2D eigenvalue weighted by atomic mass is 127. The molecule has 0 saturated heterocycles. The summed E-state index contributed by atoms with van der Waals surface area (Å²) in [5.41, 5.74) is 0.599. The SMILES string of the molecule is CC(=O)c1cc(I)c(I)cc1Cl. The van der Waals surface area contributed by atoms with Gasteiger partial charge < -0.3 is 0 Å². The van der Waals surface area contributed by atoms with Crippen molar-refractivity contribution in [2.45, 2.75) is 6.92 Å². The maximum absolute atomic E-state index is 11.0. The lowest BCUT2D eigenvalue weighted by molar-refractivity contribution is 0.101. The summed E-state index contributed by atoms with van der Waals surface area (Å²) in [6.07, 6.45) is 0. The quantitative estimate of drug-likeness (QED) is 0.395. The molecule has 0 aliphatic rings. The number of hydrogen-bond acceptors (Lipinski definition) is 1. The highest BCUT2D eigenvalue weighted by Crippen LogP contribution is 2.24. The van der Waals surface area contributed by atoms with Gasteiger partial charge in [0.1, 0.15) is 0 Å². The molecule has 0 spiro atoms. The Balaban J connectivity index is 3.33. The van der Waals surface area contributed by atoms with Crippen LogP contribution in [0, 0.1) is 7.14 Å². The van der Waals surface area contributed by atoms with E-state index in [1.165, 1.54) is 6.92 Å². The van der Waals surface area contributed by atoms with Gasteiger partial charge >= 0.3 is 0 Å². The number of hydrogen-bond donors (Lipinski definition) is 0. The number of carbonyl (C=O) groups is 1. The van der Waals surface area contributed by atoms with Gasteiger partial charge in [0.15, 0.2) is 5.78 Å². The van der Waals surface area contributed by atoms with E-state index in [1.54, 1.807) is 6.07 Å². The molecule has 0 atom stereocenters. The Morgan fingerprint density at radius 3 is 2.33 bits per heavy atom. The zero-order valence-corrected chi connectivity index (χ0v) is 11.3. The van der Waals surface area contributed by atoms with Gasteiger partial charge in [0, 0.05) is 12.7 Å². The first-order chi connectivity index (χ1) is 5.52. The first-order valence-electron chi connectivity index (χ1n) is 3.18. The molecular weight excluding hydrogens is 401 g/mol. The predicted octanol–water partition coefficient (Wildman–Crippen LogP) is 3.75. The average molecular weight is 406 g/mol. The molecule has 0 unspecified atom stereocenters. The average Bonchev–Trinajstić information content (AvgIpc) is 1.96. The molecule has 0 saturated carbocycles. The Labute approximate surface area is 103 Å². The normalized spacial score (nSPS) is 10.0. The van der Waals surface area contributed by atoms with Crippen molar-refractivity contribution in [2.24, 2.45) is 0 Å². The lowest BCUT2D eigenvalue weighted by Gasteiger charge is -2.02. The van der Waals surface area contributed by atoms with Crippen molar-refractivity contribution in [3.05, 3.63) is 29.9 Å². The molecular formula is C8H5ClI2O. The van der Waals surface area contributed by atoms with Crippen molar-refractivity contribution < 1.29 is 4.79 Å². The maximum atomic E-state index is 11.0. The fourth-order valence-corrected chi connectivity index (χ4v) is 2.21. The largest absolute Gasteiger partial charge is 0.294 e. The fourth-order valence-electron chi connectivity index (χ4n) is 0.792. The molecule has 0 amide bonds. The minimum absolute atomic E-state index is 0.00863. The molecule has 0 bridgehead atoms. The van der Waals surface area contributed by atoms with Gasteiger partial charge in [-0.3, -0.25) is 4.79 Å². The molecule has 1 aromatic rings. The van der Waals surface area contributed by atoms with Crippen LogP contribution >= 0.6 is 56.8 Å². The summed E-state index contributed by atoms with van der Waals surface area (Å²) in [6, 6.07) is 3.62. The lowest BCUT2D eigenvalue weighted by atomic mass is 10.1. The molecule has 64 valence electrons. The number of ketones is 1. The second-order valence-corrected chi connectivity index (χ2v) is 5.03. The summed E-state index contributed by atoms with van der Waals surface area (Å²) in [4.78, 5) is 11.0. The third kappa shape index (κ3) is 2.32. The molecule has 4 heteroatoms. The smallest absolute Gasteiger partial charge is 0.161 e. The van der Waals surface area contributed by atoms with E-state index in [0.29, 0.717) is 10.6 Å². The molecule has 0 fully saturated rings. The Bertz CT molecular complexity index is 336. The van der Waals surface area contributed by atoms with Crippen LogP contribution in [-0.4, -0.2) is 5.78 Å². The number of benzene rings is 1. The molecule has 0 aliphatic heterocycles. The van der Waals surface area contributed by atoms with Gasteiger partial charge in [0.2, 0.25) is 0 Å². The van der Waals surface area contributed by atoms with Crippen LogP contribution < -0.4 is 0 Å². The second kappa shape index (κ2) is 4.23. The molecule has 1 nitrogen and oxygen atoms in total. The number of halogens is 3. The van der Waals surface area contributed by atoms with Crippen LogP contribution in [0.15, 0.2) is 12.1 Å². The van der Waals surface area contributed by atoms with Crippen molar-refractivity contribution in [1.82, 2.24) is 0 Å².